The zero-order valence-corrected chi connectivity index (χ0v) is 9.59. The van der Waals surface area contributed by atoms with E-state index in [0.29, 0.717) is 6.04 Å². The van der Waals surface area contributed by atoms with E-state index in [-0.39, 0.29) is 0 Å². The summed E-state index contributed by atoms with van der Waals surface area (Å²) in [5.41, 5.74) is 0. The molecule has 1 unspecified atom stereocenters. The smallest absolute Gasteiger partial charge is 0.0619 e. The molecule has 14 heavy (non-hydrogen) atoms. The van der Waals surface area contributed by atoms with Gasteiger partial charge in [-0.2, -0.15) is 0 Å². The molecule has 0 aromatic heterocycles. The average Bonchev–Trinajstić information content (AvgIpc) is 2.26. The van der Waals surface area contributed by atoms with Crippen molar-refractivity contribution >= 4 is 0 Å². The predicted octanol–water partition coefficient (Wildman–Crippen LogP) is 1.10. The van der Waals surface area contributed by atoms with Gasteiger partial charge in [0.1, 0.15) is 0 Å². The standard InChI is InChI=1S/C11H24N2O/c1-3-13(4-2)8-7-12-11-6-5-9-14-10-11/h11-12H,3-10H2,1-2H3. The summed E-state index contributed by atoms with van der Waals surface area (Å²) in [4.78, 5) is 2.44. The van der Waals surface area contributed by atoms with E-state index in [9.17, 15) is 0 Å². The lowest BCUT2D eigenvalue weighted by atomic mass is 10.1. The highest BCUT2D eigenvalue weighted by atomic mass is 16.5. The third kappa shape index (κ3) is 4.40. The fourth-order valence-electron chi connectivity index (χ4n) is 1.87. The zero-order valence-electron chi connectivity index (χ0n) is 9.59. The molecule has 0 aliphatic carbocycles. The van der Waals surface area contributed by atoms with Gasteiger partial charge in [0.15, 0.2) is 0 Å². The number of hydrogen-bond acceptors (Lipinski definition) is 3. The summed E-state index contributed by atoms with van der Waals surface area (Å²) in [6, 6.07) is 0.597. The second kappa shape index (κ2) is 7.21. The van der Waals surface area contributed by atoms with Crippen LogP contribution in [0.1, 0.15) is 26.7 Å². The van der Waals surface area contributed by atoms with Gasteiger partial charge in [-0.25, -0.2) is 0 Å². The van der Waals surface area contributed by atoms with E-state index in [1.807, 2.05) is 0 Å². The van der Waals surface area contributed by atoms with E-state index < -0.39 is 0 Å². The highest BCUT2D eigenvalue weighted by Gasteiger charge is 2.12. The van der Waals surface area contributed by atoms with Gasteiger partial charge in [-0.1, -0.05) is 13.8 Å². The fourth-order valence-corrected chi connectivity index (χ4v) is 1.87. The molecule has 1 heterocycles. The van der Waals surface area contributed by atoms with E-state index in [2.05, 4.69) is 24.1 Å². The van der Waals surface area contributed by atoms with Crippen LogP contribution in [0.3, 0.4) is 0 Å². The molecular weight excluding hydrogens is 176 g/mol. The molecule has 3 heteroatoms. The van der Waals surface area contributed by atoms with E-state index in [1.54, 1.807) is 0 Å². The third-order valence-corrected chi connectivity index (χ3v) is 2.92. The zero-order chi connectivity index (χ0) is 10.2. The number of ether oxygens (including phenoxy) is 1. The van der Waals surface area contributed by atoms with Gasteiger partial charge in [0.2, 0.25) is 0 Å². The largest absolute Gasteiger partial charge is 0.380 e. The summed E-state index contributed by atoms with van der Waals surface area (Å²) < 4.78 is 5.42. The van der Waals surface area contributed by atoms with Crippen LogP contribution in [-0.2, 0) is 4.74 Å². The fraction of sp³-hybridized carbons (Fsp3) is 1.00. The molecule has 1 N–H and O–H groups in total. The molecular formula is C11H24N2O. The first-order valence-electron chi connectivity index (χ1n) is 5.90. The van der Waals surface area contributed by atoms with E-state index in [1.165, 1.54) is 12.8 Å². The highest BCUT2D eigenvalue weighted by molar-refractivity contribution is 4.70. The van der Waals surface area contributed by atoms with Gasteiger partial charge in [-0.3, -0.25) is 0 Å². The molecule has 84 valence electrons. The Bertz CT molecular complexity index is 131. The number of rotatable bonds is 6. The number of nitrogens with zero attached hydrogens (tertiary/aromatic N) is 1. The Morgan fingerprint density at radius 3 is 2.71 bits per heavy atom. The Balaban J connectivity index is 2.01. The molecule has 0 saturated carbocycles. The lowest BCUT2D eigenvalue weighted by Gasteiger charge is -2.25. The maximum Gasteiger partial charge on any atom is 0.0619 e. The van der Waals surface area contributed by atoms with Crippen LogP contribution in [0.5, 0.6) is 0 Å². The van der Waals surface area contributed by atoms with E-state index in [0.717, 1.165) is 39.4 Å². The first-order valence-corrected chi connectivity index (χ1v) is 5.90. The highest BCUT2D eigenvalue weighted by Crippen LogP contribution is 2.05. The second-order valence-electron chi connectivity index (χ2n) is 3.90. The third-order valence-electron chi connectivity index (χ3n) is 2.92. The summed E-state index contributed by atoms with van der Waals surface area (Å²) in [5, 5.41) is 3.55. The minimum atomic E-state index is 0.597. The molecule has 0 aromatic carbocycles. The van der Waals surface area contributed by atoms with Crippen LogP contribution >= 0.6 is 0 Å². The monoisotopic (exact) mass is 200 g/mol. The molecule has 1 saturated heterocycles. The van der Waals surface area contributed by atoms with Crippen molar-refractivity contribution in [3.8, 4) is 0 Å². The Kier molecular flexibility index (Phi) is 6.15. The number of nitrogens with one attached hydrogen (secondary N) is 1. The second-order valence-corrected chi connectivity index (χ2v) is 3.90. The maximum atomic E-state index is 5.42. The van der Waals surface area contributed by atoms with Crippen LogP contribution in [0.25, 0.3) is 0 Å². The topological polar surface area (TPSA) is 24.5 Å². The molecule has 1 fully saturated rings. The van der Waals surface area contributed by atoms with Crippen molar-refractivity contribution in [1.29, 1.82) is 0 Å². The Morgan fingerprint density at radius 2 is 2.14 bits per heavy atom. The van der Waals surface area contributed by atoms with Crippen molar-refractivity contribution in [3.63, 3.8) is 0 Å². The Hall–Kier alpha value is -0.120. The summed E-state index contributed by atoms with van der Waals surface area (Å²) in [6.07, 6.45) is 2.49. The summed E-state index contributed by atoms with van der Waals surface area (Å²) in [7, 11) is 0. The van der Waals surface area contributed by atoms with Crippen molar-refractivity contribution in [2.75, 3.05) is 39.4 Å². The molecule has 1 aliphatic rings. The lowest BCUT2D eigenvalue weighted by Crippen LogP contribution is -2.41. The summed E-state index contributed by atoms with van der Waals surface area (Å²) in [6.45, 7) is 10.8. The molecule has 1 aliphatic heterocycles. The molecule has 0 amide bonds. The van der Waals surface area contributed by atoms with Gasteiger partial charge in [-0.15, -0.1) is 0 Å². The molecule has 0 spiro atoms. The van der Waals surface area contributed by atoms with Gasteiger partial charge in [0.25, 0.3) is 0 Å². The first-order chi connectivity index (χ1) is 6.86. The molecule has 3 nitrogen and oxygen atoms in total. The molecule has 1 rings (SSSR count). The lowest BCUT2D eigenvalue weighted by molar-refractivity contribution is 0.0696. The predicted molar refractivity (Wildman–Crippen MR) is 59.6 cm³/mol. The van der Waals surface area contributed by atoms with Gasteiger partial charge in [0.05, 0.1) is 6.61 Å². The van der Waals surface area contributed by atoms with Crippen molar-refractivity contribution in [2.24, 2.45) is 0 Å². The van der Waals surface area contributed by atoms with E-state index in [4.69, 9.17) is 4.74 Å². The molecule has 0 radical (unpaired) electrons. The van der Waals surface area contributed by atoms with E-state index >= 15 is 0 Å². The minimum Gasteiger partial charge on any atom is -0.380 e. The number of hydrogen-bond donors (Lipinski definition) is 1. The van der Waals surface area contributed by atoms with Crippen molar-refractivity contribution < 1.29 is 4.74 Å². The van der Waals surface area contributed by atoms with Gasteiger partial charge >= 0.3 is 0 Å². The Morgan fingerprint density at radius 1 is 1.36 bits per heavy atom. The van der Waals surface area contributed by atoms with Crippen LogP contribution in [0.4, 0.5) is 0 Å². The number of likely N-dealkylation sites (N-methyl/N-ethyl adjacent to an activating group) is 1. The SMILES string of the molecule is CCN(CC)CCNC1CCCOC1. The minimum absolute atomic E-state index is 0.597. The molecule has 0 bridgehead atoms. The van der Waals surface area contributed by atoms with Crippen LogP contribution in [0, 0.1) is 0 Å². The average molecular weight is 200 g/mol. The van der Waals surface area contributed by atoms with Crippen molar-refractivity contribution in [3.05, 3.63) is 0 Å². The summed E-state index contributed by atoms with van der Waals surface area (Å²) in [5.74, 6) is 0. The Labute approximate surface area is 87.8 Å². The summed E-state index contributed by atoms with van der Waals surface area (Å²) >= 11 is 0. The quantitative estimate of drug-likeness (QED) is 0.695. The van der Waals surface area contributed by atoms with Crippen LogP contribution in [-0.4, -0.2) is 50.3 Å². The van der Waals surface area contributed by atoms with Gasteiger partial charge in [0, 0.05) is 25.7 Å². The van der Waals surface area contributed by atoms with Gasteiger partial charge in [-0.05, 0) is 25.9 Å². The van der Waals surface area contributed by atoms with Crippen LogP contribution in [0.15, 0.2) is 0 Å². The maximum absolute atomic E-state index is 5.42. The van der Waals surface area contributed by atoms with Crippen LogP contribution in [0.2, 0.25) is 0 Å². The van der Waals surface area contributed by atoms with Crippen LogP contribution < -0.4 is 5.32 Å². The van der Waals surface area contributed by atoms with Crippen molar-refractivity contribution in [1.82, 2.24) is 10.2 Å². The normalized spacial score (nSPS) is 22.9. The molecule has 1 atom stereocenters. The first kappa shape index (κ1) is 12.0. The van der Waals surface area contributed by atoms with Gasteiger partial charge < -0.3 is 15.0 Å². The van der Waals surface area contributed by atoms with Crippen molar-refractivity contribution in [2.45, 2.75) is 32.7 Å². The molecule has 0 aromatic rings.